The highest BCUT2D eigenvalue weighted by atomic mass is 35.5. The van der Waals surface area contributed by atoms with E-state index < -0.39 is 5.82 Å². The Balaban J connectivity index is 1.38. The second-order valence-corrected chi connectivity index (χ2v) is 9.18. The van der Waals surface area contributed by atoms with Crippen molar-refractivity contribution in [2.24, 2.45) is 0 Å². The van der Waals surface area contributed by atoms with Crippen LogP contribution in [0.25, 0.3) is 22.0 Å². The number of aromatic amines is 1. The quantitative estimate of drug-likeness (QED) is 0.391. The largest absolute Gasteiger partial charge is 0.393 e. The monoisotopic (exact) mass is 495 g/mol. The number of H-pyrrole nitrogens is 1. The molecule has 0 aliphatic heterocycles. The summed E-state index contributed by atoms with van der Waals surface area (Å²) in [5, 5.41) is 20.5. The van der Waals surface area contributed by atoms with Crippen molar-refractivity contribution in [3.05, 3.63) is 81.4 Å². The molecule has 0 saturated heterocycles. The molecule has 0 atom stereocenters. The summed E-state index contributed by atoms with van der Waals surface area (Å²) in [6, 6.07) is 7.58. The zero-order chi connectivity index (χ0) is 24.5. The first kappa shape index (κ1) is 23.2. The third-order valence-electron chi connectivity index (χ3n) is 6.34. The number of aliphatic hydroxyl groups is 1. The highest BCUT2D eigenvalue weighted by molar-refractivity contribution is 6.32. The molecule has 3 N–H and O–H groups in total. The number of benzene rings is 1. The number of hydrogen-bond donors (Lipinski definition) is 3. The van der Waals surface area contributed by atoms with Gasteiger partial charge in [0.1, 0.15) is 5.82 Å². The molecule has 1 aliphatic carbocycles. The average molecular weight is 496 g/mol. The molecule has 180 valence electrons. The van der Waals surface area contributed by atoms with E-state index in [0.29, 0.717) is 53.3 Å². The van der Waals surface area contributed by atoms with Gasteiger partial charge in [0.2, 0.25) is 0 Å². The Hall–Kier alpha value is -3.56. The highest BCUT2D eigenvalue weighted by Crippen LogP contribution is 2.25. The van der Waals surface area contributed by atoms with Crippen molar-refractivity contribution in [3.8, 4) is 11.3 Å². The van der Waals surface area contributed by atoms with E-state index in [9.17, 15) is 19.1 Å². The predicted molar refractivity (Wildman–Crippen MR) is 130 cm³/mol. The zero-order valence-corrected chi connectivity index (χ0v) is 19.4. The molecule has 1 aromatic carbocycles. The number of amides is 1. The lowest BCUT2D eigenvalue weighted by Gasteiger charge is -2.26. The van der Waals surface area contributed by atoms with Gasteiger partial charge in [-0.1, -0.05) is 11.6 Å². The highest BCUT2D eigenvalue weighted by Gasteiger charge is 2.22. The first-order valence-electron chi connectivity index (χ1n) is 11.3. The van der Waals surface area contributed by atoms with Crippen LogP contribution in [0.1, 0.15) is 41.6 Å². The van der Waals surface area contributed by atoms with Gasteiger partial charge in [0, 0.05) is 30.2 Å². The molecule has 3 heterocycles. The first-order valence-corrected chi connectivity index (χ1v) is 11.7. The number of carbonyl (C=O) groups is 1. The topological polar surface area (TPSA) is 113 Å². The van der Waals surface area contributed by atoms with Crippen LogP contribution in [-0.2, 0) is 6.54 Å². The summed E-state index contributed by atoms with van der Waals surface area (Å²) < 4.78 is 15.8. The molecule has 1 aliphatic rings. The standard InChI is InChI=1S/C25H23ClFN5O3/c26-23-21(12-29-31-23)22-10-15-5-6-32(25(35)20(15)11-28-22)13-14-7-16(9-17(27)8-14)24(34)30-18-1-3-19(33)4-2-18/h5-12,18-19,33H,1-4,13H2,(H,29,31)(H,30,34)/t18-,19-. The molecule has 3 aromatic heterocycles. The summed E-state index contributed by atoms with van der Waals surface area (Å²) in [6.07, 6.45) is 7.06. The fourth-order valence-electron chi connectivity index (χ4n) is 4.46. The van der Waals surface area contributed by atoms with E-state index in [2.05, 4.69) is 20.5 Å². The van der Waals surface area contributed by atoms with Crippen molar-refractivity contribution in [1.82, 2.24) is 25.1 Å². The Morgan fingerprint density at radius 2 is 2.03 bits per heavy atom. The van der Waals surface area contributed by atoms with Gasteiger partial charge in [-0.3, -0.25) is 19.7 Å². The van der Waals surface area contributed by atoms with Crippen molar-refractivity contribution in [2.75, 3.05) is 0 Å². The predicted octanol–water partition coefficient (Wildman–Crippen LogP) is 3.66. The molecule has 1 amide bonds. The van der Waals surface area contributed by atoms with Crippen molar-refractivity contribution < 1.29 is 14.3 Å². The molecule has 5 rings (SSSR count). The van der Waals surface area contributed by atoms with Crippen molar-refractivity contribution >= 4 is 28.3 Å². The van der Waals surface area contributed by atoms with Crippen LogP contribution in [0.15, 0.2) is 53.7 Å². The van der Waals surface area contributed by atoms with E-state index in [1.165, 1.54) is 22.9 Å². The van der Waals surface area contributed by atoms with Gasteiger partial charge in [-0.05, 0) is 67.0 Å². The molecule has 1 fully saturated rings. The number of nitrogens with one attached hydrogen (secondary N) is 2. The average Bonchev–Trinajstić information content (AvgIpc) is 3.27. The summed E-state index contributed by atoms with van der Waals surface area (Å²) in [5.74, 6) is -0.920. The van der Waals surface area contributed by atoms with E-state index in [-0.39, 0.29) is 40.9 Å². The minimum atomic E-state index is -0.552. The van der Waals surface area contributed by atoms with Crippen molar-refractivity contribution in [2.45, 2.75) is 44.4 Å². The lowest BCUT2D eigenvalue weighted by Crippen LogP contribution is -2.38. The smallest absolute Gasteiger partial charge is 0.260 e. The minimum Gasteiger partial charge on any atom is -0.393 e. The molecule has 10 heteroatoms. The van der Waals surface area contributed by atoms with Gasteiger partial charge < -0.3 is 15.0 Å². The summed E-state index contributed by atoms with van der Waals surface area (Å²) >= 11 is 6.06. The molecule has 0 spiro atoms. The molecule has 1 saturated carbocycles. The van der Waals surface area contributed by atoms with Crippen LogP contribution in [0, 0.1) is 5.82 Å². The van der Waals surface area contributed by atoms with Gasteiger partial charge in [0.25, 0.3) is 11.5 Å². The normalized spacial score (nSPS) is 18.0. The van der Waals surface area contributed by atoms with Crippen LogP contribution in [0.2, 0.25) is 5.15 Å². The Morgan fingerprint density at radius 1 is 1.23 bits per heavy atom. The van der Waals surface area contributed by atoms with Gasteiger partial charge in [-0.2, -0.15) is 5.10 Å². The third-order valence-corrected chi connectivity index (χ3v) is 6.62. The second-order valence-electron chi connectivity index (χ2n) is 8.82. The maximum atomic E-state index is 14.4. The number of carbonyl (C=O) groups excluding carboxylic acids is 1. The third kappa shape index (κ3) is 4.96. The van der Waals surface area contributed by atoms with Crippen LogP contribution in [-0.4, -0.2) is 42.9 Å². The number of pyridine rings is 2. The van der Waals surface area contributed by atoms with Crippen molar-refractivity contribution in [1.29, 1.82) is 0 Å². The lowest BCUT2D eigenvalue weighted by molar-refractivity contribution is 0.0867. The van der Waals surface area contributed by atoms with Crippen molar-refractivity contribution in [3.63, 3.8) is 0 Å². The van der Waals surface area contributed by atoms with Gasteiger partial charge >= 0.3 is 0 Å². The number of hydrogen-bond acceptors (Lipinski definition) is 5. The molecular formula is C25H23ClFN5O3. The zero-order valence-electron chi connectivity index (χ0n) is 18.7. The van der Waals surface area contributed by atoms with Crippen LogP contribution in [0.3, 0.4) is 0 Å². The SMILES string of the molecule is O=C(N[C@H]1CC[C@H](O)CC1)c1cc(F)cc(Cn2ccc3cc(-c4c[nH]nc4Cl)ncc3c2=O)c1. The van der Waals surface area contributed by atoms with Gasteiger partial charge in [-0.15, -0.1) is 0 Å². The van der Waals surface area contributed by atoms with E-state index >= 15 is 0 Å². The molecule has 4 aromatic rings. The maximum Gasteiger partial charge on any atom is 0.260 e. The number of nitrogens with zero attached hydrogens (tertiary/aromatic N) is 3. The molecular weight excluding hydrogens is 473 g/mol. The number of aromatic nitrogens is 4. The van der Waals surface area contributed by atoms with Crippen LogP contribution in [0.4, 0.5) is 4.39 Å². The minimum absolute atomic E-state index is 0.0463. The summed E-state index contributed by atoms with van der Waals surface area (Å²) in [7, 11) is 0. The van der Waals surface area contributed by atoms with E-state index in [4.69, 9.17) is 11.6 Å². The van der Waals surface area contributed by atoms with E-state index in [0.717, 1.165) is 0 Å². The summed E-state index contributed by atoms with van der Waals surface area (Å²) in [6.45, 7) is 0.0950. The lowest BCUT2D eigenvalue weighted by atomic mass is 9.93. The Bertz CT molecular complexity index is 1460. The van der Waals surface area contributed by atoms with Gasteiger partial charge in [0.05, 0.1) is 29.3 Å². The second kappa shape index (κ2) is 9.59. The molecule has 0 radical (unpaired) electrons. The summed E-state index contributed by atoms with van der Waals surface area (Å²) in [5.41, 5.74) is 1.62. The fraction of sp³-hybridized carbons (Fsp3) is 0.280. The number of aliphatic hydroxyl groups excluding tert-OH is 1. The molecule has 8 nitrogen and oxygen atoms in total. The van der Waals surface area contributed by atoms with E-state index in [1.54, 1.807) is 30.6 Å². The van der Waals surface area contributed by atoms with Crippen LogP contribution < -0.4 is 10.9 Å². The molecule has 0 unspecified atom stereocenters. The Kier molecular flexibility index (Phi) is 6.36. The number of rotatable bonds is 5. The van der Waals surface area contributed by atoms with Crippen LogP contribution >= 0.6 is 11.6 Å². The summed E-state index contributed by atoms with van der Waals surface area (Å²) in [4.78, 5) is 30.1. The Morgan fingerprint density at radius 3 is 2.77 bits per heavy atom. The van der Waals surface area contributed by atoms with Gasteiger partial charge in [0.15, 0.2) is 5.15 Å². The fourth-order valence-corrected chi connectivity index (χ4v) is 4.66. The molecule has 35 heavy (non-hydrogen) atoms. The molecule has 0 bridgehead atoms. The van der Waals surface area contributed by atoms with Crippen LogP contribution in [0.5, 0.6) is 0 Å². The first-order chi connectivity index (χ1) is 16.9. The van der Waals surface area contributed by atoms with Gasteiger partial charge in [-0.25, -0.2) is 4.39 Å². The number of fused-ring (bicyclic) bond motifs is 1. The number of halogens is 2. The maximum absolute atomic E-state index is 14.4. The van der Waals surface area contributed by atoms with E-state index in [1.807, 2.05) is 0 Å². The Labute approximate surface area is 204 Å².